The number of morpholine rings is 1. The fourth-order valence-corrected chi connectivity index (χ4v) is 3.90. The zero-order chi connectivity index (χ0) is 16.0. The number of nitrogens with one attached hydrogen (secondary N) is 1. The van der Waals surface area contributed by atoms with E-state index < -0.39 is 10.0 Å². The van der Waals surface area contributed by atoms with Crippen LogP contribution in [0.2, 0.25) is 5.02 Å². The number of hydrogen-bond acceptors (Lipinski definition) is 4. The Labute approximate surface area is 137 Å². The van der Waals surface area contributed by atoms with Crippen molar-refractivity contribution in [1.82, 2.24) is 9.62 Å². The fraction of sp³-hybridized carbons (Fsp3) is 0.600. The van der Waals surface area contributed by atoms with Gasteiger partial charge in [0, 0.05) is 30.7 Å². The Kier molecular flexibility index (Phi) is 6.65. The van der Waals surface area contributed by atoms with E-state index in [1.807, 2.05) is 24.3 Å². The Morgan fingerprint density at radius 2 is 1.91 bits per heavy atom. The molecule has 1 atom stereocenters. The van der Waals surface area contributed by atoms with Gasteiger partial charge in [-0.2, -0.15) is 4.31 Å². The molecular formula is C15H23ClN2O3S. The van der Waals surface area contributed by atoms with Gasteiger partial charge >= 0.3 is 0 Å². The first-order chi connectivity index (χ1) is 10.5. The zero-order valence-electron chi connectivity index (χ0n) is 12.8. The van der Waals surface area contributed by atoms with E-state index in [4.69, 9.17) is 16.3 Å². The summed E-state index contributed by atoms with van der Waals surface area (Å²) in [6, 6.07) is 7.93. The Hall–Kier alpha value is -0.660. The number of sulfonamides is 1. The van der Waals surface area contributed by atoms with E-state index in [0.29, 0.717) is 32.8 Å². The van der Waals surface area contributed by atoms with E-state index in [-0.39, 0.29) is 11.8 Å². The second-order valence-corrected chi connectivity index (χ2v) is 8.04. The lowest BCUT2D eigenvalue weighted by Crippen LogP contribution is -2.44. The van der Waals surface area contributed by atoms with Gasteiger partial charge in [-0.3, -0.25) is 0 Å². The molecule has 0 radical (unpaired) electrons. The average Bonchev–Trinajstić information content (AvgIpc) is 2.50. The summed E-state index contributed by atoms with van der Waals surface area (Å²) in [4.78, 5) is 0. The molecular weight excluding hydrogens is 324 g/mol. The molecule has 22 heavy (non-hydrogen) atoms. The molecule has 5 nitrogen and oxygen atoms in total. The summed E-state index contributed by atoms with van der Waals surface area (Å²) in [5.41, 5.74) is 1.18. The van der Waals surface area contributed by atoms with Crippen molar-refractivity contribution in [2.45, 2.75) is 19.4 Å². The quantitative estimate of drug-likeness (QED) is 0.813. The van der Waals surface area contributed by atoms with E-state index in [1.54, 1.807) is 0 Å². The van der Waals surface area contributed by atoms with Crippen LogP contribution >= 0.6 is 11.6 Å². The van der Waals surface area contributed by atoms with Crippen LogP contribution in [0.4, 0.5) is 0 Å². The van der Waals surface area contributed by atoms with Crippen LogP contribution in [0.5, 0.6) is 0 Å². The molecule has 1 aliphatic heterocycles. The molecule has 0 bridgehead atoms. The number of ether oxygens (including phenoxy) is 1. The van der Waals surface area contributed by atoms with Crippen LogP contribution in [-0.2, 0) is 21.2 Å². The summed E-state index contributed by atoms with van der Waals surface area (Å²) >= 11 is 5.86. The number of nitrogens with zero attached hydrogens (tertiary/aromatic N) is 1. The first-order valence-corrected chi connectivity index (χ1v) is 9.49. The number of hydrogen-bond donors (Lipinski definition) is 1. The minimum atomic E-state index is -3.18. The summed E-state index contributed by atoms with van der Waals surface area (Å²) in [5.74, 6) is 0.123. The molecule has 1 N–H and O–H groups in total. The number of benzene rings is 1. The summed E-state index contributed by atoms with van der Waals surface area (Å²) in [6.07, 6.45) is 0.842. The lowest BCUT2D eigenvalue weighted by atomic mass is 10.1. The Balaban J connectivity index is 1.74. The van der Waals surface area contributed by atoms with Gasteiger partial charge in [0.25, 0.3) is 0 Å². The monoisotopic (exact) mass is 346 g/mol. The van der Waals surface area contributed by atoms with Crippen molar-refractivity contribution in [3.63, 3.8) is 0 Å². The fourth-order valence-electron chi connectivity index (χ4n) is 2.43. The topological polar surface area (TPSA) is 58.6 Å². The van der Waals surface area contributed by atoms with Gasteiger partial charge in [-0.1, -0.05) is 23.7 Å². The van der Waals surface area contributed by atoms with Crippen molar-refractivity contribution in [2.24, 2.45) is 0 Å². The smallest absolute Gasteiger partial charge is 0.215 e. The van der Waals surface area contributed by atoms with E-state index in [1.165, 1.54) is 9.87 Å². The molecule has 1 aromatic carbocycles. The SMILES string of the molecule is C[C@@H](Cc1ccc(Cl)cc1)NCCS(=O)(=O)N1CCOCC1. The molecule has 7 heteroatoms. The number of rotatable bonds is 7. The third kappa shape index (κ3) is 5.52. The van der Waals surface area contributed by atoms with Crippen LogP contribution in [0.1, 0.15) is 12.5 Å². The van der Waals surface area contributed by atoms with E-state index in [9.17, 15) is 8.42 Å². The third-order valence-corrected chi connectivity index (χ3v) is 5.80. The van der Waals surface area contributed by atoms with Gasteiger partial charge in [0.2, 0.25) is 10.0 Å². The first kappa shape index (κ1) is 17.7. The van der Waals surface area contributed by atoms with Gasteiger partial charge in [0.15, 0.2) is 0 Å². The molecule has 0 amide bonds. The molecule has 0 aromatic heterocycles. The molecule has 1 aliphatic rings. The van der Waals surface area contributed by atoms with Gasteiger partial charge in [0.1, 0.15) is 0 Å². The van der Waals surface area contributed by atoms with Crippen LogP contribution in [-0.4, -0.2) is 57.4 Å². The minimum absolute atomic E-state index is 0.123. The maximum atomic E-state index is 12.2. The van der Waals surface area contributed by atoms with Crippen molar-refractivity contribution in [1.29, 1.82) is 0 Å². The predicted molar refractivity (Wildman–Crippen MR) is 88.8 cm³/mol. The lowest BCUT2D eigenvalue weighted by Gasteiger charge is -2.26. The van der Waals surface area contributed by atoms with Crippen molar-refractivity contribution in [3.05, 3.63) is 34.9 Å². The molecule has 1 aromatic rings. The maximum Gasteiger partial charge on any atom is 0.215 e. The average molecular weight is 347 g/mol. The molecule has 0 unspecified atom stereocenters. The molecule has 0 aliphatic carbocycles. The second-order valence-electron chi connectivity index (χ2n) is 5.51. The Bertz CT molecular complexity index is 557. The van der Waals surface area contributed by atoms with Crippen molar-refractivity contribution in [3.8, 4) is 0 Å². The molecule has 2 rings (SSSR count). The van der Waals surface area contributed by atoms with Crippen LogP contribution in [0.3, 0.4) is 0 Å². The molecule has 1 saturated heterocycles. The molecule has 124 valence electrons. The predicted octanol–water partition coefficient (Wildman–Crippen LogP) is 1.52. The Morgan fingerprint density at radius 1 is 1.27 bits per heavy atom. The standard InChI is InChI=1S/C15H23ClN2O3S/c1-13(12-14-2-4-15(16)5-3-14)17-6-11-22(19,20)18-7-9-21-10-8-18/h2-5,13,17H,6-12H2,1H3/t13-/m0/s1. The largest absolute Gasteiger partial charge is 0.379 e. The van der Waals surface area contributed by atoms with Crippen molar-refractivity contribution >= 4 is 21.6 Å². The molecule has 0 spiro atoms. The van der Waals surface area contributed by atoms with Crippen molar-refractivity contribution < 1.29 is 13.2 Å². The van der Waals surface area contributed by atoms with Crippen LogP contribution in [0.15, 0.2) is 24.3 Å². The minimum Gasteiger partial charge on any atom is -0.379 e. The second kappa shape index (κ2) is 8.26. The van der Waals surface area contributed by atoms with Gasteiger partial charge in [-0.25, -0.2) is 8.42 Å². The maximum absolute atomic E-state index is 12.2. The zero-order valence-corrected chi connectivity index (χ0v) is 14.4. The Morgan fingerprint density at radius 3 is 2.55 bits per heavy atom. The van der Waals surface area contributed by atoms with E-state index in [0.717, 1.165) is 11.4 Å². The first-order valence-electron chi connectivity index (χ1n) is 7.51. The van der Waals surface area contributed by atoms with Crippen molar-refractivity contribution in [2.75, 3.05) is 38.6 Å². The third-order valence-electron chi connectivity index (χ3n) is 3.67. The highest BCUT2D eigenvalue weighted by Gasteiger charge is 2.23. The van der Waals surface area contributed by atoms with E-state index >= 15 is 0 Å². The molecule has 0 saturated carbocycles. The summed E-state index contributed by atoms with van der Waals surface area (Å²) in [7, 11) is -3.18. The summed E-state index contributed by atoms with van der Waals surface area (Å²) in [5, 5.41) is 3.99. The van der Waals surface area contributed by atoms with Gasteiger partial charge in [0.05, 0.1) is 19.0 Å². The summed E-state index contributed by atoms with van der Waals surface area (Å²) in [6.45, 7) is 4.40. The van der Waals surface area contributed by atoms with Crippen LogP contribution < -0.4 is 5.32 Å². The highest BCUT2D eigenvalue weighted by Crippen LogP contribution is 2.11. The lowest BCUT2D eigenvalue weighted by molar-refractivity contribution is 0.0730. The van der Waals surface area contributed by atoms with Crippen LogP contribution in [0.25, 0.3) is 0 Å². The highest BCUT2D eigenvalue weighted by atomic mass is 35.5. The normalized spacial score (nSPS) is 18.3. The van der Waals surface area contributed by atoms with Gasteiger partial charge in [-0.15, -0.1) is 0 Å². The number of halogens is 1. The highest BCUT2D eigenvalue weighted by molar-refractivity contribution is 7.89. The van der Waals surface area contributed by atoms with Crippen LogP contribution in [0, 0.1) is 0 Å². The van der Waals surface area contributed by atoms with E-state index in [2.05, 4.69) is 12.2 Å². The summed E-state index contributed by atoms with van der Waals surface area (Å²) < 4.78 is 31.1. The van der Waals surface area contributed by atoms with Gasteiger partial charge < -0.3 is 10.1 Å². The molecule has 1 heterocycles. The molecule has 1 fully saturated rings. The van der Waals surface area contributed by atoms with Gasteiger partial charge in [-0.05, 0) is 31.0 Å².